The van der Waals surface area contributed by atoms with Crippen LogP contribution in [0.5, 0.6) is 11.5 Å². The summed E-state index contributed by atoms with van der Waals surface area (Å²) in [5.41, 5.74) is 5.31. The summed E-state index contributed by atoms with van der Waals surface area (Å²) in [6, 6.07) is 34.1. The predicted molar refractivity (Wildman–Crippen MR) is 145 cm³/mol. The van der Waals surface area contributed by atoms with Crippen molar-refractivity contribution in [3.8, 4) is 28.4 Å². The third-order valence-corrected chi connectivity index (χ3v) is 5.80. The van der Waals surface area contributed by atoms with Gasteiger partial charge in [0.1, 0.15) is 11.5 Å². The van der Waals surface area contributed by atoms with E-state index >= 15 is 0 Å². The van der Waals surface area contributed by atoms with E-state index in [2.05, 4.69) is 31.2 Å². The molecular weight excluding hydrogens is 462 g/mol. The van der Waals surface area contributed by atoms with Gasteiger partial charge in [-0.25, -0.2) is 14.5 Å². The van der Waals surface area contributed by atoms with E-state index in [0.29, 0.717) is 22.9 Å². The molecule has 5 aromatic rings. The molecule has 6 heteroatoms. The second-order valence-electron chi connectivity index (χ2n) is 8.45. The van der Waals surface area contributed by atoms with Crippen molar-refractivity contribution in [2.24, 2.45) is 4.99 Å². The van der Waals surface area contributed by atoms with Crippen molar-refractivity contribution in [1.29, 1.82) is 0 Å². The number of carbonyl (C=O) groups excluding carboxylic acids is 1. The molecule has 0 aliphatic rings. The van der Waals surface area contributed by atoms with Gasteiger partial charge in [-0.3, -0.25) is 0 Å². The van der Waals surface area contributed by atoms with E-state index in [1.54, 1.807) is 49.7 Å². The van der Waals surface area contributed by atoms with Crippen LogP contribution in [0.15, 0.2) is 114 Å². The molecule has 182 valence electrons. The van der Waals surface area contributed by atoms with Crippen LogP contribution in [0.1, 0.15) is 21.5 Å². The second kappa shape index (κ2) is 10.7. The van der Waals surface area contributed by atoms with Crippen molar-refractivity contribution in [3.63, 3.8) is 0 Å². The number of esters is 1. The molecule has 0 aliphatic carbocycles. The highest BCUT2D eigenvalue weighted by atomic mass is 16.5. The average Bonchev–Trinajstić information content (AvgIpc) is 3.38. The van der Waals surface area contributed by atoms with Crippen LogP contribution in [0.3, 0.4) is 0 Å². The summed E-state index contributed by atoms with van der Waals surface area (Å²) in [5.74, 6) is 1.41. The Morgan fingerprint density at radius 2 is 1.51 bits per heavy atom. The Hall–Kier alpha value is -4.97. The van der Waals surface area contributed by atoms with Crippen LogP contribution in [0, 0.1) is 6.92 Å². The summed E-state index contributed by atoms with van der Waals surface area (Å²) in [7, 11) is 1.58. The lowest BCUT2D eigenvalue weighted by atomic mass is 10.1. The van der Waals surface area contributed by atoms with E-state index in [1.807, 2.05) is 53.2 Å². The summed E-state index contributed by atoms with van der Waals surface area (Å²) >= 11 is 0. The Bertz CT molecular complexity index is 1520. The van der Waals surface area contributed by atoms with Crippen molar-refractivity contribution in [2.45, 2.75) is 6.92 Å². The van der Waals surface area contributed by atoms with Crippen LogP contribution >= 0.6 is 0 Å². The molecule has 0 radical (unpaired) electrons. The first-order chi connectivity index (χ1) is 18.1. The number of ether oxygens (including phenoxy) is 2. The number of nitrogens with zero attached hydrogens (tertiary/aromatic N) is 3. The topological polar surface area (TPSA) is 65.7 Å². The standard InChI is InChI=1S/C31H25N3O3/c1-22-8-12-24(13-9-22)29-20-30(34(33-29)26-6-4-3-5-7-26)32-21-23-10-16-28(17-11-23)37-31(35)25-14-18-27(36-2)19-15-25/h3-21H,1-2H3. The minimum Gasteiger partial charge on any atom is -0.497 e. The van der Waals surface area contributed by atoms with Gasteiger partial charge >= 0.3 is 5.97 Å². The molecule has 0 saturated heterocycles. The average molecular weight is 488 g/mol. The van der Waals surface area contributed by atoms with Crippen molar-refractivity contribution in [1.82, 2.24) is 9.78 Å². The van der Waals surface area contributed by atoms with Gasteiger partial charge in [-0.2, -0.15) is 5.10 Å². The SMILES string of the molecule is COc1ccc(C(=O)Oc2ccc(C=Nc3cc(-c4ccc(C)cc4)nn3-c3ccccc3)cc2)cc1. The van der Waals surface area contributed by atoms with E-state index in [9.17, 15) is 4.79 Å². The van der Waals surface area contributed by atoms with Crippen LogP contribution in [-0.2, 0) is 0 Å². The molecule has 0 bridgehead atoms. The normalized spacial score (nSPS) is 11.0. The number of aryl methyl sites for hydroxylation is 1. The molecule has 0 fully saturated rings. The zero-order valence-corrected chi connectivity index (χ0v) is 20.5. The largest absolute Gasteiger partial charge is 0.497 e. The number of para-hydroxylation sites is 1. The van der Waals surface area contributed by atoms with Crippen LogP contribution < -0.4 is 9.47 Å². The molecule has 0 saturated carbocycles. The molecule has 0 N–H and O–H groups in total. The summed E-state index contributed by atoms with van der Waals surface area (Å²) in [5, 5.41) is 4.82. The Morgan fingerprint density at radius 1 is 0.838 bits per heavy atom. The van der Waals surface area contributed by atoms with Crippen LogP contribution in [-0.4, -0.2) is 29.1 Å². The lowest BCUT2D eigenvalue weighted by molar-refractivity contribution is 0.0734. The first-order valence-corrected chi connectivity index (χ1v) is 11.8. The molecule has 0 unspecified atom stereocenters. The molecule has 37 heavy (non-hydrogen) atoms. The zero-order valence-electron chi connectivity index (χ0n) is 20.5. The number of benzene rings is 4. The summed E-state index contributed by atoms with van der Waals surface area (Å²) in [6.07, 6.45) is 1.77. The number of hydrogen-bond donors (Lipinski definition) is 0. The number of hydrogen-bond acceptors (Lipinski definition) is 5. The van der Waals surface area contributed by atoms with Gasteiger partial charge in [0.2, 0.25) is 0 Å². The highest BCUT2D eigenvalue weighted by Gasteiger charge is 2.11. The van der Waals surface area contributed by atoms with Gasteiger partial charge in [0.05, 0.1) is 24.1 Å². The van der Waals surface area contributed by atoms with E-state index in [0.717, 1.165) is 22.5 Å². The number of rotatable bonds is 7. The Morgan fingerprint density at radius 3 is 2.19 bits per heavy atom. The number of methoxy groups -OCH3 is 1. The maximum atomic E-state index is 12.4. The van der Waals surface area contributed by atoms with E-state index in [1.165, 1.54) is 5.56 Å². The molecule has 6 nitrogen and oxygen atoms in total. The van der Waals surface area contributed by atoms with Crippen molar-refractivity contribution >= 4 is 18.0 Å². The van der Waals surface area contributed by atoms with Crippen LogP contribution in [0.4, 0.5) is 5.82 Å². The van der Waals surface area contributed by atoms with E-state index < -0.39 is 5.97 Å². The Balaban J connectivity index is 1.35. The Kier molecular flexibility index (Phi) is 6.90. The summed E-state index contributed by atoms with van der Waals surface area (Å²) in [4.78, 5) is 17.1. The van der Waals surface area contributed by atoms with Gasteiger partial charge in [0, 0.05) is 17.8 Å². The number of aromatic nitrogens is 2. The molecule has 4 aromatic carbocycles. The highest BCUT2D eigenvalue weighted by Crippen LogP contribution is 2.27. The lowest BCUT2D eigenvalue weighted by Crippen LogP contribution is -2.08. The molecule has 1 aromatic heterocycles. The molecule has 0 spiro atoms. The number of aliphatic imine (C=N–C) groups is 1. The molecule has 1 heterocycles. The van der Waals surface area contributed by atoms with Crippen LogP contribution in [0.25, 0.3) is 16.9 Å². The first-order valence-electron chi connectivity index (χ1n) is 11.8. The summed E-state index contributed by atoms with van der Waals surface area (Å²) in [6.45, 7) is 2.06. The lowest BCUT2D eigenvalue weighted by Gasteiger charge is -2.06. The fourth-order valence-electron chi connectivity index (χ4n) is 3.74. The highest BCUT2D eigenvalue weighted by molar-refractivity contribution is 5.91. The third-order valence-electron chi connectivity index (χ3n) is 5.80. The van der Waals surface area contributed by atoms with Gasteiger partial charge in [-0.1, -0.05) is 48.0 Å². The number of carbonyl (C=O) groups is 1. The monoisotopic (exact) mass is 487 g/mol. The zero-order chi connectivity index (χ0) is 25.6. The molecule has 0 atom stereocenters. The predicted octanol–water partition coefficient (Wildman–Crippen LogP) is 6.83. The smallest absolute Gasteiger partial charge is 0.343 e. The maximum absolute atomic E-state index is 12.4. The van der Waals surface area contributed by atoms with Crippen molar-refractivity contribution < 1.29 is 14.3 Å². The van der Waals surface area contributed by atoms with Gasteiger partial charge in [0.15, 0.2) is 5.82 Å². The van der Waals surface area contributed by atoms with Crippen molar-refractivity contribution in [3.05, 3.63) is 126 Å². The summed E-state index contributed by atoms with van der Waals surface area (Å²) < 4.78 is 12.4. The van der Waals surface area contributed by atoms with Gasteiger partial charge in [0.25, 0.3) is 0 Å². The van der Waals surface area contributed by atoms with E-state index in [-0.39, 0.29) is 0 Å². The molecule has 5 rings (SSSR count). The minimum absolute atomic E-state index is 0.431. The Labute approximate surface area is 215 Å². The molecule has 0 aliphatic heterocycles. The van der Waals surface area contributed by atoms with Crippen molar-refractivity contribution in [2.75, 3.05) is 7.11 Å². The fourth-order valence-corrected chi connectivity index (χ4v) is 3.74. The molecule has 0 amide bonds. The van der Waals surface area contributed by atoms with Gasteiger partial charge in [-0.05, 0) is 73.2 Å². The van der Waals surface area contributed by atoms with Gasteiger partial charge in [-0.15, -0.1) is 0 Å². The van der Waals surface area contributed by atoms with E-state index in [4.69, 9.17) is 19.6 Å². The fraction of sp³-hybridized carbons (Fsp3) is 0.0645. The minimum atomic E-state index is -0.431. The third kappa shape index (κ3) is 5.65. The quantitative estimate of drug-likeness (QED) is 0.143. The van der Waals surface area contributed by atoms with Gasteiger partial charge < -0.3 is 9.47 Å². The first kappa shape index (κ1) is 23.8. The molecular formula is C31H25N3O3. The maximum Gasteiger partial charge on any atom is 0.343 e. The second-order valence-corrected chi connectivity index (χ2v) is 8.45. The van der Waals surface area contributed by atoms with Crippen LogP contribution in [0.2, 0.25) is 0 Å².